The summed E-state index contributed by atoms with van der Waals surface area (Å²) in [4.78, 5) is 2.76. The number of rotatable bonds is 1. The van der Waals surface area contributed by atoms with Gasteiger partial charge in [-0.1, -0.05) is 0 Å². The fourth-order valence-corrected chi connectivity index (χ4v) is 1.27. The number of hydrogen-bond acceptors (Lipinski definition) is 2. The summed E-state index contributed by atoms with van der Waals surface area (Å²) in [6.45, 7) is 0. The number of aromatic amines is 1. The molecule has 0 aliphatic heterocycles. The van der Waals surface area contributed by atoms with E-state index in [0.717, 1.165) is 0 Å². The molecule has 0 aliphatic rings. The summed E-state index contributed by atoms with van der Waals surface area (Å²) in [7, 11) is -1.55. The predicted molar refractivity (Wildman–Crippen MR) is 48.1 cm³/mol. The Balaban J connectivity index is 2.62. The maximum absolute atomic E-state index is 12.7. The molecule has 1 aromatic carbocycles. The van der Waals surface area contributed by atoms with Crippen LogP contribution in [0.15, 0.2) is 24.3 Å². The second-order valence-electron chi connectivity index (χ2n) is 2.83. The molecule has 0 atom stereocenters. The third-order valence-corrected chi connectivity index (χ3v) is 1.88. The van der Waals surface area contributed by atoms with Gasteiger partial charge in [0.1, 0.15) is 5.82 Å². The van der Waals surface area contributed by atoms with Gasteiger partial charge in [0, 0.05) is 16.5 Å². The maximum Gasteiger partial charge on any atom is 0.505 e. The van der Waals surface area contributed by atoms with Crippen LogP contribution in [0.2, 0.25) is 0 Å². The summed E-state index contributed by atoms with van der Waals surface area (Å²) in [6, 6.07) is 5.70. The average molecular weight is 179 g/mol. The number of benzene rings is 1. The molecule has 3 N–H and O–H groups in total. The van der Waals surface area contributed by atoms with Gasteiger partial charge in [-0.2, -0.15) is 0 Å². The fraction of sp³-hybridized carbons (Fsp3) is 0. The quantitative estimate of drug-likeness (QED) is 0.539. The molecule has 0 amide bonds. The summed E-state index contributed by atoms with van der Waals surface area (Å²) in [6.07, 6.45) is 0. The molecular weight excluding hydrogens is 172 g/mol. The average Bonchev–Trinajstić information content (AvgIpc) is 2.46. The number of aromatic nitrogens is 1. The Morgan fingerprint density at radius 2 is 2.00 bits per heavy atom. The van der Waals surface area contributed by atoms with Crippen molar-refractivity contribution in [3.8, 4) is 0 Å². The van der Waals surface area contributed by atoms with E-state index in [2.05, 4.69) is 4.98 Å². The zero-order chi connectivity index (χ0) is 9.42. The van der Waals surface area contributed by atoms with Crippen LogP contribution in [0.25, 0.3) is 10.9 Å². The van der Waals surface area contributed by atoms with Crippen LogP contribution in [0.4, 0.5) is 4.39 Å². The third-order valence-electron chi connectivity index (χ3n) is 1.88. The standard InChI is InChI=1S/C8H7BFNO2/c10-6-1-2-7-5(3-6)4-8(11-7)9(12)13/h1-4,11-13H. The Morgan fingerprint density at radius 3 is 2.69 bits per heavy atom. The van der Waals surface area contributed by atoms with Gasteiger partial charge in [-0.15, -0.1) is 0 Å². The number of fused-ring (bicyclic) bond motifs is 1. The van der Waals surface area contributed by atoms with Crippen molar-refractivity contribution >= 4 is 23.6 Å². The Morgan fingerprint density at radius 1 is 1.23 bits per heavy atom. The van der Waals surface area contributed by atoms with Crippen LogP contribution in [0.3, 0.4) is 0 Å². The molecule has 1 heterocycles. The van der Waals surface area contributed by atoms with Crippen LogP contribution in [-0.2, 0) is 0 Å². The minimum atomic E-state index is -1.55. The molecule has 0 saturated carbocycles. The Kier molecular flexibility index (Phi) is 1.83. The van der Waals surface area contributed by atoms with E-state index in [-0.39, 0.29) is 11.4 Å². The van der Waals surface area contributed by atoms with Crippen LogP contribution in [-0.4, -0.2) is 22.2 Å². The molecule has 0 fully saturated rings. The van der Waals surface area contributed by atoms with E-state index < -0.39 is 7.12 Å². The van der Waals surface area contributed by atoms with Crippen molar-refractivity contribution in [2.45, 2.75) is 0 Å². The first-order valence-electron chi connectivity index (χ1n) is 3.81. The van der Waals surface area contributed by atoms with Gasteiger partial charge in [0.25, 0.3) is 0 Å². The molecule has 0 unspecified atom stereocenters. The molecule has 2 aromatic rings. The maximum atomic E-state index is 12.7. The first-order valence-corrected chi connectivity index (χ1v) is 3.81. The SMILES string of the molecule is OB(O)c1cc2cc(F)ccc2[nH]1. The topological polar surface area (TPSA) is 56.2 Å². The van der Waals surface area contributed by atoms with Gasteiger partial charge in [0.2, 0.25) is 0 Å². The van der Waals surface area contributed by atoms with Gasteiger partial charge in [-0.3, -0.25) is 0 Å². The van der Waals surface area contributed by atoms with Crippen LogP contribution in [0.5, 0.6) is 0 Å². The fourth-order valence-electron chi connectivity index (χ4n) is 1.27. The largest absolute Gasteiger partial charge is 0.505 e. The minimum Gasteiger partial charge on any atom is -0.422 e. The van der Waals surface area contributed by atoms with Gasteiger partial charge in [-0.05, 0) is 24.3 Å². The van der Waals surface area contributed by atoms with Crippen LogP contribution >= 0.6 is 0 Å². The normalized spacial score (nSPS) is 10.7. The van der Waals surface area contributed by atoms with Gasteiger partial charge in [0.05, 0.1) is 0 Å². The lowest BCUT2D eigenvalue weighted by Crippen LogP contribution is -2.30. The second-order valence-corrected chi connectivity index (χ2v) is 2.83. The molecule has 0 saturated heterocycles. The molecule has 2 rings (SSSR count). The van der Waals surface area contributed by atoms with Crippen molar-refractivity contribution in [2.75, 3.05) is 0 Å². The Bertz CT molecular complexity index is 441. The molecule has 3 nitrogen and oxygen atoms in total. The van der Waals surface area contributed by atoms with E-state index in [1.54, 1.807) is 6.07 Å². The minimum absolute atomic E-state index is 0.264. The lowest BCUT2D eigenvalue weighted by atomic mass is 9.87. The molecule has 13 heavy (non-hydrogen) atoms. The van der Waals surface area contributed by atoms with Crippen molar-refractivity contribution in [3.63, 3.8) is 0 Å². The molecule has 0 aliphatic carbocycles. The number of halogens is 1. The first-order chi connectivity index (χ1) is 6.16. The zero-order valence-electron chi connectivity index (χ0n) is 6.66. The first kappa shape index (κ1) is 8.28. The van der Waals surface area contributed by atoms with E-state index in [4.69, 9.17) is 10.0 Å². The van der Waals surface area contributed by atoms with Crippen molar-refractivity contribution in [3.05, 3.63) is 30.1 Å². The highest BCUT2D eigenvalue weighted by Gasteiger charge is 2.13. The summed E-state index contributed by atoms with van der Waals surface area (Å²) in [5.74, 6) is -0.342. The highest BCUT2D eigenvalue weighted by molar-refractivity contribution is 6.58. The van der Waals surface area contributed by atoms with E-state index in [0.29, 0.717) is 10.9 Å². The Labute approximate surface area is 74.0 Å². The predicted octanol–water partition coefficient (Wildman–Crippen LogP) is -0.0132. The summed E-state index contributed by atoms with van der Waals surface area (Å²) < 4.78 is 12.7. The summed E-state index contributed by atoms with van der Waals surface area (Å²) in [5.41, 5.74) is 0.949. The lowest BCUT2D eigenvalue weighted by Gasteiger charge is -1.90. The van der Waals surface area contributed by atoms with Crippen molar-refractivity contribution in [1.82, 2.24) is 4.98 Å². The van der Waals surface area contributed by atoms with Crippen LogP contribution < -0.4 is 5.59 Å². The summed E-state index contributed by atoms with van der Waals surface area (Å²) in [5, 5.41) is 18.3. The molecule has 0 bridgehead atoms. The zero-order valence-corrected chi connectivity index (χ0v) is 6.66. The lowest BCUT2D eigenvalue weighted by molar-refractivity contribution is 0.424. The van der Waals surface area contributed by atoms with E-state index in [1.807, 2.05) is 0 Å². The smallest absolute Gasteiger partial charge is 0.422 e. The second kappa shape index (κ2) is 2.87. The number of H-pyrrole nitrogens is 1. The van der Waals surface area contributed by atoms with Gasteiger partial charge >= 0.3 is 7.12 Å². The molecule has 0 spiro atoms. The molecular formula is C8H7BFNO2. The molecule has 66 valence electrons. The van der Waals surface area contributed by atoms with Gasteiger partial charge in [-0.25, -0.2) is 4.39 Å². The highest BCUT2D eigenvalue weighted by Crippen LogP contribution is 2.12. The van der Waals surface area contributed by atoms with Crippen LogP contribution in [0, 0.1) is 5.82 Å². The van der Waals surface area contributed by atoms with Crippen molar-refractivity contribution in [2.24, 2.45) is 0 Å². The van der Waals surface area contributed by atoms with E-state index >= 15 is 0 Å². The molecule has 1 aromatic heterocycles. The van der Waals surface area contributed by atoms with Gasteiger partial charge < -0.3 is 15.0 Å². The number of nitrogens with one attached hydrogen (secondary N) is 1. The summed E-state index contributed by atoms with van der Waals surface area (Å²) >= 11 is 0. The number of hydrogen-bond donors (Lipinski definition) is 3. The van der Waals surface area contributed by atoms with Crippen LogP contribution in [0.1, 0.15) is 0 Å². The molecule has 0 radical (unpaired) electrons. The van der Waals surface area contributed by atoms with E-state index in [9.17, 15) is 4.39 Å². The Hall–Kier alpha value is -1.33. The monoisotopic (exact) mass is 179 g/mol. The third kappa shape index (κ3) is 1.43. The van der Waals surface area contributed by atoms with Gasteiger partial charge in [0.15, 0.2) is 0 Å². The van der Waals surface area contributed by atoms with Crippen molar-refractivity contribution < 1.29 is 14.4 Å². The highest BCUT2D eigenvalue weighted by atomic mass is 19.1. The molecule has 5 heteroatoms. The van der Waals surface area contributed by atoms with Crippen molar-refractivity contribution in [1.29, 1.82) is 0 Å². The van der Waals surface area contributed by atoms with E-state index in [1.165, 1.54) is 18.2 Å².